The van der Waals surface area contributed by atoms with Gasteiger partial charge < -0.3 is 9.47 Å². The molecule has 4 nitrogen and oxygen atoms in total. The molecule has 2 fully saturated rings. The summed E-state index contributed by atoms with van der Waals surface area (Å²) in [6.45, 7) is 4.14. The highest BCUT2D eigenvalue weighted by molar-refractivity contribution is 5.91. The van der Waals surface area contributed by atoms with E-state index in [1.807, 2.05) is 6.07 Å². The first-order valence-electron chi connectivity index (χ1n) is 11.8. The fourth-order valence-corrected chi connectivity index (χ4v) is 5.19. The molecule has 1 saturated heterocycles. The summed E-state index contributed by atoms with van der Waals surface area (Å²) < 4.78 is 53.4. The van der Waals surface area contributed by atoms with Gasteiger partial charge in [0.25, 0.3) is 0 Å². The minimum absolute atomic E-state index is 0.0643. The molecule has 0 N–H and O–H groups in total. The number of hydrogen-bond acceptors (Lipinski definition) is 4. The van der Waals surface area contributed by atoms with E-state index >= 15 is 0 Å². The second kappa shape index (κ2) is 9.92. The molecule has 4 rings (SSSR count). The molecule has 0 aromatic heterocycles. The molecule has 0 spiro atoms. The molecule has 0 amide bonds. The van der Waals surface area contributed by atoms with Gasteiger partial charge in [-0.25, -0.2) is 0 Å². The van der Waals surface area contributed by atoms with Crippen molar-refractivity contribution in [3.8, 4) is 5.75 Å². The van der Waals surface area contributed by atoms with E-state index in [0.717, 1.165) is 31.2 Å². The van der Waals surface area contributed by atoms with Crippen LogP contribution in [0.4, 0.5) is 13.2 Å². The van der Waals surface area contributed by atoms with E-state index in [4.69, 9.17) is 9.47 Å². The number of fused-ring (bicyclic) bond motifs is 1. The first-order chi connectivity index (χ1) is 15.8. The van der Waals surface area contributed by atoms with Crippen LogP contribution < -0.4 is 4.74 Å². The van der Waals surface area contributed by atoms with E-state index in [0.29, 0.717) is 43.8 Å². The largest absolute Gasteiger partial charge is 0.490 e. The molecule has 0 unspecified atom stereocenters. The van der Waals surface area contributed by atoms with Crippen LogP contribution in [0.25, 0.3) is 10.8 Å². The molecule has 2 aromatic rings. The van der Waals surface area contributed by atoms with Crippen molar-refractivity contribution in [2.24, 2.45) is 11.8 Å². The zero-order valence-electron chi connectivity index (χ0n) is 19.3. The summed E-state index contributed by atoms with van der Waals surface area (Å²) in [5.41, 5.74) is 0.178. The van der Waals surface area contributed by atoms with Crippen molar-refractivity contribution in [3.05, 3.63) is 41.5 Å². The number of halogens is 3. The molecular formula is C26H32F3NO3. The number of likely N-dealkylation sites (tertiary alicyclic amines) is 1. The van der Waals surface area contributed by atoms with Gasteiger partial charge in [0.2, 0.25) is 0 Å². The number of benzene rings is 2. The minimum Gasteiger partial charge on any atom is -0.490 e. The number of esters is 1. The summed E-state index contributed by atoms with van der Waals surface area (Å²) >= 11 is 0. The summed E-state index contributed by atoms with van der Waals surface area (Å²) in [4.78, 5) is 14.0. The number of piperidine rings is 1. The van der Waals surface area contributed by atoms with Gasteiger partial charge in [-0.2, -0.15) is 13.2 Å². The third kappa shape index (κ3) is 5.45. The molecule has 7 heteroatoms. The summed E-state index contributed by atoms with van der Waals surface area (Å²) in [5.74, 6) is 0.252. The highest BCUT2D eigenvalue weighted by Gasteiger charge is 2.37. The van der Waals surface area contributed by atoms with Crippen molar-refractivity contribution < 1.29 is 27.4 Å². The molecule has 2 aliphatic rings. The number of methoxy groups -OCH3 is 1. The molecule has 1 aliphatic carbocycles. The van der Waals surface area contributed by atoms with Gasteiger partial charge in [0, 0.05) is 6.54 Å². The standard InChI is InChI=1S/C26H32F3NO3/c1-17-6-8-20(9-7-17)33-23-11-10-21-19(4-3-5-22(21)24(23)26(27,28)29)16-30-14-12-18(13-15-30)25(31)32-2/h3-5,10-11,17-18,20H,6-9,12-16H2,1-2H3/t17-,20+. The highest BCUT2D eigenvalue weighted by Crippen LogP contribution is 2.43. The van der Waals surface area contributed by atoms with Gasteiger partial charge in [0.15, 0.2) is 0 Å². The van der Waals surface area contributed by atoms with Crippen molar-refractivity contribution in [2.75, 3.05) is 20.2 Å². The first-order valence-corrected chi connectivity index (χ1v) is 11.8. The van der Waals surface area contributed by atoms with Gasteiger partial charge in [0.05, 0.1) is 19.1 Å². The Morgan fingerprint density at radius 2 is 1.70 bits per heavy atom. The quantitative estimate of drug-likeness (QED) is 0.495. The summed E-state index contributed by atoms with van der Waals surface area (Å²) in [5, 5.41) is 0.788. The Morgan fingerprint density at radius 1 is 1.00 bits per heavy atom. The van der Waals surface area contributed by atoms with Crippen molar-refractivity contribution in [1.82, 2.24) is 4.90 Å². The molecule has 0 radical (unpaired) electrons. The van der Waals surface area contributed by atoms with Gasteiger partial charge in [-0.1, -0.05) is 31.2 Å². The zero-order chi connectivity index (χ0) is 23.6. The number of carbonyl (C=O) groups excluding carboxylic acids is 1. The third-order valence-corrected chi connectivity index (χ3v) is 7.17. The van der Waals surface area contributed by atoms with Gasteiger partial charge in [-0.3, -0.25) is 9.69 Å². The molecule has 1 heterocycles. The number of rotatable bonds is 5. The molecule has 2 aromatic carbocycles. The Bertz CT molecular complexity index is 975. The van der Waals surface area contributed by atoms with Crippen LogP contribution in [0.15, 0.2) is 30.3 Å². The Kier molecular flexibility index (Phi) is 7.17. The van der Waals surface area contributed by atoms with Crippen molar-refractivity contribution in [3.63, 3.8) is 0 Å². The number of ether oxygens (including phenoxy) is 2. The van der Waals surface area contributed by atoms with Gasteiger partial charge >= 0.3 is 12.1 Å². The fourth-order valence-electron chi connectivity index (χ4n) is 5.19. The molecule has 1 aliphatic heterocycles. The molecule has 0 atom stereocenters. The average Bonchev–Trinajstić information content (AvgIpc) is 2.79. The van der Waals surface area contributed by atoms with Crippen LogP contribution in [0.5, 0.6) is 5.75 Å². The second-order valence-corrected chi connectivity index (χ2v) is 9.52. The lowest BCUT2D eigenvalue weighted by atomic mass is 9.89. The maximum atomic E-state index is 14.2. The van der Waals surface area contributed by atoms with Crippen LogP contribution in [-0.2, 0) is 22.3 Å². The Labute approximate surface area is 193 Å². The second-order valence-electron chi connectivity index (χ2n) is 9.52. The number of carbonyl (C=O) groups is 1. The Hall–Kier alpha value is -2.28. The number of hydrogen-bond donors (Lipinski definition) is 0. The lowest BCUT2D eigenvalue weighted by molar-refractivity contribution is -0.147. The fraction of sp³-hybridized carbons (Fsp3) is 0.577. The van der Waals surface area contributed by atoms with E-state index in [2.05, 4.69) is 11.8 Å². The lowest BCUT2D eigenvalue weighted by Gasteiger charge is -2.31. The molecule has 180 valence electrons. The SMILES string of the molecule is COC(=O)C1CCN(Cc2cccc3c(C(F)(F)F)c(O[C@H]4CC[C@@H](C)CC4)ccc23)CC1. The third-order valence-electron chi connectivity index (χ3n) is 7.17. The predicted octanol–water partition coefficient (Wildman–Crippen LogP) is 6.20. The van der Waals surface area contributed by atoms with Crippen LogP contribution in [0, 0.1) is 11.8 Å². The van der Waals surface area contributed by atoms with Gasteiger partial charge in [-0.05, 0) is 79.9 Å². The first kappa shape index (κ1) is 23.9. The highest BCUT2D eigenvalue weighted by atomic mass is 19.4. The minimum atomic E-state index is -4.51. The molecular weight excluding hydrogens is 431 g/mol. The Balaban J connectivity index is 1.58. The summed E-state index contributed by atoms with van der Waals surface area (Å²) in [7, 11) is 1.40. The molecule has 0 bridgehead atoms. The van der Waals surface area contributed by atoms with E-state index in [-0.39, 0.29) is 29.1 Å². The Morgan fingerprint density at radius 3 is 2.33 bits per heavy atom. The topological polar surface area (TPSA) is 38.8 Å². The number of alkyl halides is 3. The number of nitrogens with zero attached hydrogens (tertiary/aromatic N) is 1. The zero-order valence-corrected chi connectivity index (χ0v) is 19.3. The van der Waals surface area contributed by atoms with E-state index in [9.17, 15) is 18.0 Å². The average molecular weight is 464 g/mol. The summed E-state index contributed by atoms with van der Waals surface area (Å²) in [6.07, 6.45) is 0.267. The maximum absolute atomic E-state index is 14.2. The molecule has 1 saturated carbocycles. The monoisotopic (exact) mass is 463 g/mol. The van der Waals surface area contributed by atoms with Crippen LogP contribution in [0.3, 0.4) is 0 Å². The van der Waals surface area contributed by atoms with E-state index in [1.54, 1.807) is 18.2 Å². The lowest BCUT2D eigenvalue weighted by Crippen LogP contribution is -2.36. The van der Waals surface area contributed by atoms with Crippen LogP contribution in [0.2, 0.25) is 0 Å². The molecule has 33 heavy (non-hydrogen) atoms. The van der Waals surface area contributed by atoms with Crippen LogP contribution in [-0.4, -0.2) is 37.2 Å². The smallest absolute Gasteiger partial charge is 0.420 e. The van der Waals surface area contributed by atoms with Crippen LogP contribution in [0.1, 0.15) is 56.6 Å². The normalized spacial score (nSPS) is 22.9. The van der Waals surface area contributed by atoms with Gasteiger partial charge in [0.1, 0.15) is 11.3 Å². The van der Waals surface area contributed by atoms with Crippen molar-refractivity contribution in [1.29, 1.82) is 0 Å². The van der Waals surface area contributed by atoms with E-state index in [1.165, 1.54) is 13.2 Å². The maximum Gasteiger partial charge on any atom is 0.420 e. The van der Waals surface area contributed by atoms with Crippen molar-refractivity contribution >= 4 is 16.7 Å². The van der Waals surface area contributed by atoms with Crippen LogP contribution >= 0.6 is 0 Å². The van der Waals surface area contributed by atoms with Gasteiger partial charge in [-0.15, -0.1) is 0 Å². The predicted molar refractivity (Wildman–Crippen MR) is 121 cm³/mol. The summed E-state index contributed by atoms with van der Waals surface area (Å²) in [6, 6.07) is 8.39. The van der Waals surface area contributed by atoms with E-state index < -0.39 is 11.7 Å². The van der Waals surface area contributed by atoms with Crippen molar-refractivity contribution in [2.45, 2.75) is 64.3 Å².